The molecule has 4 nitrogen and oxygen atoms in total. The van der Waals surface area contributed by atoms with Crippen LogP contribution in [0.15, 0.2) is 11.8 Å². The molecule has 1 heterocycles. The number of allylic oxidation sites excluding steroid dienone is 1. The molecule has 0 aromatic rings. The summed E-state index contributed by atoms with van der Waals surface area (Å²) < 4.78 is 0. The maximum absolute atomic E-state index is 11.6. The van der Waals surface area contributed by atoms with Crippen molar-refractivity contribution in [3.05, 3.63) is 11.8 Å². The van der Waals surface area contributed by atoms with Crippen molar-refractivity contribution in [1.82, 2.24) is 10.6 Å². The van der Waals surface area contributed by atoms with Crippen LogP contribution in [-0.2, 0) is 9.59 Å². The van der Waals surface area contributed by atoms with Crippen molar-refractivity contribution in [2.75, 3.05) is 13.1 Å². The second kappa shape index (κ2) is 3.82. The lowest BCUT2D eigenvalue weighted by atomic mass is 9.90. The van der Waals surface area contributed by atoms with Gasteiger partial charge in [0.15, 0.2) is 5.78 Å². The first kappa shape index (κ1) is 10.8. The number of nitrogens with one attached hydrogen (secondary N) is 2. The van der Waals surface area contributed by atoms with Gasteiger partial charge in [-0.3, -0.25) is 9.59 Å². The van der Waals surface area contributed by atoms with E-state index in [0.717, 1.165) is 0 Å². The maximum atomic E-state index is 11.6. The number of amides is 1. The smallest absolute Gasteiger partial charge is 0.267 e. The molecule has 0 aromatic heterocycles. The van der Waals surface area contributed by atoms with E-state index in [4.69, 9.17) is 0 Å². The second-order valence-corrected chi connectivity index (χ2v) is 4.35. The van der Waals surface area contributed by atoms with E-state index in [1.807, 2.05) is 20.8 Å². The Morgan fingerprint density at radius 3 is 2.36 bits per heavy atom. The number of hydrogen-bond acceptors (Lipinski definition) is 3. The molecule has 0 saturated carbocycles. The molecular formula is C10H16N2O2. The fourth-order valence-electron chi connectivity index (χ4n) is 1.01. The van der Waals surface area contributed by atoms with Crippen LogP contribution in [0, 0.1) is 5.41 Å². The van der Waals surface area contributed by atoms with Crippen LogP contribution in [0.5, 0.6) is 0 Å². The third-order valence-electron chi connectivity index (χ3n) is 1.99. The molecule has 0 bridgehead atoms. The van der Waals surface area contributed by atoms with Gasteiger partial charge < -0.3 is 10.6 Å². The van der Waals surface area contributed by atoms with E-state index in [9.17, 15) is 9.59 Å². The SMILES string of the molecule is CC(C)(C)C(=O)C=C1NCCNC1=O. The lowest BCUT2D eigenvalue weighted by Gasteiger charge is -2.19. The molecule has 1 saturated heterocycles. The Labute approximate surface area is 83.8 Å². The van der Waals surface area contributed by atoms with Crippen LogP contribution in [0.4, 0.5) is 0 Å². The van der Waals surface area contributed by atoms with Crippen molar-refractivity contribution >= 4 is 11.7 Å². The van der Waals surface area contributed by atoms with E-state index < -0.39 is 5.41 Å². The van der Waals surface area contributed by atoms with E-state index in [1.54, 1.807) is 0 Å². The number of piperazine rings is 1. The third-order valence-corrected chi connectivity index (χ3v) is 1.99. The summed E-state index contributed by atoms with van der Waals surface area (Å²) in [4.78, 5) is 22.8. The van der Waals surface area contributed by atoms with Gasteiger partial charge in [0.1, 0.15) is 5.70 Å². The molecule has 2 N–H and O–H groups in total. The van der Waals surface area contributed by atoms with Crippen LogP contribution in [0.1, 0.15) is 20.8 Å². The van der Waals surface area contributed by atoms with Crippen LogP contribution in [0.2, 0.25) is 0 Å². The van der Waals surface area contributed by atoms with Crippen LogP contribution in [0.25, 0.3) is 0 Å². The van der Waals surface area contributed by atoms with Gasteiger partial charge in [-0.2, -0.15) is 0 Å². The zero-order chi connectivity index (χ0) is 10.8. The minimum Gasteiger partial charge on any atom is -0.379 e. The van der Waals surface area contributed by atoms with Gasteiger partial charge in [0, 0.05) is 24.6 Å². The minimum atomic E-state index is -0.438. The lowest BCUT2D eigenvalue weighted by Crippen LogP contribution is -2.43. The second-order valence-electron chi connectivity index (χ2n) is 4.35. The van der Waals surface area contributed by atoms with E-state index >= 15 is 0 Å². The summed E-state index contributed by atoms with van der Waals surface area (Å²) in [5, 5.41) is 5.57. The largest absolute Gasteiger partial charge is 0.379 e. The normalized spacial score (nSPS) is 20.2. The van der Waals surface area contributed by atoms with Crippen LogP contribution < -0.4 is 10.6 Å². The molecule has 0 aliphatic carbocycles. The quantitative estimate of drug-likeness (QED) is 0.589. The van der Waals surface area contributed by atoms with Gasteiger partial charge in [0.2, 0.25) is 0 Å². The molecule has 1 aliphatic heterocycles. The first-order valence-electron chi connectivity index (χ1n) is 4.69. The van der Waals surface area contributed by atoms with Gasteiger partial charge >= 0.3 is 0 Å². The first-order valence-corrected chi connectivity index (χ1v) is 4.69. The van der Waals surface area contributed by atoms with Crippen LogP contribution >= 0.6 is 0 Å². The molecule has 1 aliphatic rings. The Kier molecular flexibility index (Phi) is 2.93. The predicted molar refractivity (Wildman–Crippen MR) is 53.6 cm³/mol. The summed E-state index contributed by atoms with van der Waals surface area (Å²) in [5.74, 6) is -0.245. The Bertz CT molecular complexity index is 287. The lowest BCUT2D eigenvalue weighted by molar-refractivity contribution is -0.122. The van der Waals surface area contributed by atoms with Gasteiger partial charge in [0.25, 0.3) is 5.91 Å². The number of hydrogen-bond donors (Lipinski definition) is 2. The van der Waals surface area contributed by atoms with Crippen LogP contribution in [0.3, 0.4) is 0 Å². The number of carbonyl (C=O) groups is 2. The summed E-state index contributed by atoms with van der Waals surface area (Å²) in [6.07, 6.45) is 1.38. The first-order chi connectivity index (χ1) is 6.41. The fraction of sp³-hybridized carbons (Fsp3) is 0.600. The highest BCUT2D eigenvalue weighted by Gasteiger charge is 2.22. The van der Waals surface area contributed by atoms with E-state index in [2.05, 4.69) is 10.6 Å². The minimum absolute atomic E-state index is 0.0444. The summed E-state index contributed by atoms with van der Waals surface area (Å²) >= 11 is 0. The van der Waals surface area contributed by atoms with E-state index in [-0.39, 0.29) is 11.7 Å². The third kappa shape index (κ3) is 2.58. The van der Waals surface area contributed by atoms with E-state index in [1.165, 1.54) is 6.08 Å². The Balaban J connectivity index is 2.76. The molecule has 1 rings (SSSR count). The molecule has 0 aromatic carbocycles. The molecule has 14 heavy (non-hydrogen) atoms. The van der Waals surface area contributed by atoms with Crippen molar-refractivity contribution in [3.63, 3.8) is 0 Å². The summed E-state index contributed by atoms with van der Waals surface area (Å²) in [7, 11) is 0. The molecule has 78 valence electrons. The van der Waals surface area contributed by atoms with Crippen molar-refractivity contribution in [2.45, 2.75) is 20.8 Å². The topological polar surface area (TPSA) is 58.2 Å². The zero-order valence-corrected chi connectivity index (χ0v) is 8.81. The molecule has 0 atom stereocenters. The van der Waals surface area contributed by atoms with Gasteiger partial charge in [-0.05, 0) is 0 Å². The maximum Gasteiger partial charge on any atom is 0.267 e. The standard InChI is InChI=1S/C10H16N2O2/c1-10(2,3)8(13)6-7-9(14)12-5-4-11-7/h6,11H,4-5H2,1-3H3,(H,12,14). The van der Waals surface area contributed by atoms with Crippen molar-refractivity contribution < 1.29 is 9.59 Å². The Morgan fingerprint density at radius 2 is 1.86 bits per heavy atom. The summed E-state index contributed by atoms with van der Waals surface area (Å²) in [5.41, 5.74) is -0.0666. The van der Waals surface area contributed by atoms with Crippen molar-refractivity contribution in [1.29, 1.82) is 0 Å². The Hall–Kier alpha value is -1.32. The monoisotopic (exact) mass is 196 g/mol. The van der Waals surface area contributed by atoms with Crippen LogP contribution in [-0.4, -0.2) is 24.8 Å². The Morgan fingerprint density at radius 1 is 1.29 bits per heavy atom. The summed E-state index contributed by atoms with van der Waals surface area (Å²) in [6, 6.07) is 0. The average Bonchev–Trinajstić information content (AvgIpc) is 2.07. The van der Waals surface area contributed by atoms with Gasteiger partial charge in [-0.25, -0.2) is 0 Å². The molecule has 0 unspecified atom stereocenters. The highest BCUT2D eigenvalue weighted by Crippen LogP contribution is 2.16. The molecule has 0 spiro atoms. The highest BCUT2D eigenvalue weighted by atomic mass is 16.2. The molecular weight excluding hydrogens is 180 g/mol. The fourth-order valence-corrected chi connectivity index (χ4v) is 1.01. The number of carbonyl (C=O) groups excluding carboxylic acids is 2. The molecule has 1 fully saturated rings. The predicted octanol–water partition coefficient (Wildman–Crippen LogP) is 0.205. The van der Waals surface area contributed by atoms with Crippen molar-refractivity contribution in [2.24, 2.45) is 5.41 Å². The van der Waals surface area contributed by atoms with Crippen molar-refractivity contribution in [3.8, 4) is 0 Å². The zero-order valence-electron chi connectivity index (χ0n) is 8.81. The highest BCUT2D eigenvalue weighted by molar-refractivity contribution is 6.03. The molecule has 4 heteroatoms. The molecule has 1 amide bonds. The molecule has 0 radical (unpaired) electrons. The van der Waals surface area contributed by atoms with Gasteiger partial charge in [-0.1, -0.05) is 20.8 Å². The van der Waals surface area contributed by atoms with Gasteiger partial charge in [0.05, 0.1) is 0 Å². The number of rotatable bonds is 1. The summed E-state index contributed by atoms with van der Waals surface area (Å²) in [6.45, 7) is 6.77. The van der Waals surface area contributed by atoms with E-state index in [0.29, 0.717) is 18.8 Å². The number of ketones is 1. The van der Waals surface area contributed by atoms with Gasteiger partial charge in [-0.15, -0.1) is 0 Å². The average molecular weight is 196 g/mol.